The van der Waals surface area contributed by atoms with Crippen LogP contribution in [-0.2, 0) is 12.7 Å². The van der Waals surface area contributed by atoms with Gasteiger partial charge in [-0.05, 0) is 18.2 Å². The van der Waals surface area contributed by atoms with Gasteiger partial charge in [0.1, 0.15) is 0 Å². The maximum absolute atomic E-state index is 12.6. The summed E-state index contributed by atoms with van der Waals surface area (Å²) < 4.78 is 39.2. The zero-order valence-corrected chi connectivity index (χ0v) is 9.70. The van der Waals surface area contributed by atoms with E-state index < -0.39 is 11.7 Å². The van der Waals surface area contributed by atoms with E-state index in [1.165, 1.54) is 16.9 Å². The van der Waals surface area contributed by atoms with E-state index in [9.17, 15) is 13.2 Å². The van der Waals surface area contributed by atoms with Crippen molar-refractivity contribution < 1.29 is 13.2 Å². The first-order valence-corrected chi connectivity index (χ1v) is 5.27. The molecule has 1 aromatic carbocycles. The average molecular weight is 277 g/mol. The van der Waals surface area contributed by atoms with Gasteiger partial charge in [0.2, 0.25) is 0 Å². The highest BCUT2D eigenvalue weighted by Crippen LogP contribution is 2.32. The molecule has 0 unspecified atom stereocenters. The highest BCUT2D eigenvalue weighted by Gasteiger charge is 2.31. The average Bonchev–Trinajstić information content (AvgIpc) is 2.74. The van der Waals surface area contributed by atoms with E-state index in [4.69, 9.17) is 17.3 Å². The first-order valence-electron chi connectivity index (χ1n) is 4.89. The van der Waals surface area contributed by atoms with Crippen molar-refractivity contribution in [3.8, 4) is 5.69 Å². The molecule has 2 aromatic rings. The Morgan fingerprint density at radius 2 is 2.00 bits per heavy atom. The minimum absolute atomic E-state index is 0.0294. The summed E-state index contributed by atoms with van der Waals surface area (Å²) in [6, 6.07) is 3.16. The lowest BCUT2D eigenvalue weighted by Crippen LogP contribution is -2.10. The van der Waals surface area contributed by atoms with Crippen molar-refractivity contribution in [3.05, 3.63) is 40.7 Å². The summed E-state index contributed by atoms with van der Waals surface area (Å²) in [5.74, 6) is 0. The lowest BCUT2D eigenvalue weighted by molar-refractivity contribution is -0.137. The van der Waals surface area contributed by atoms with Crippen molar-refractivity contribution in [2.24, 2.45) is 5.73 Å². The second-order valence-electron chi connectivity index (χ2n) is 3.54. The standard InChI is InChI=1S/C10H8ClF3N4/c11-7-1-6(10(12,13)14)2-8(3-7)18-9(4-15)5-16-17-18/h1-3,5H,4,15H2. The quantitative estimate of drug-likeness (QED) is 0.916. The van der Waals surface area contributed by atoms with Gasteiger partial charge >= 0.3 is 6.18 Å². The summed E-state index contributed by atoms with van der Waals surface area (Å²) in [6.45, 7) is 0.112. The van der Waals surface area contributed by atoms with Crippen LogP contribution in [0.15, 0.2) is 24.4 Å². The van der Waals surface area contributed by atoms with Crippen LogP contribution in [-0.4, -0.2) is 15.0 Å². The number of alkyl halides is 3. The number of aromatic nitrogens is 3. The number of hydrogen-bond acceptors (Lipinski definition) is 3. The molecule has 2 rings (SSSR count). The number of halogens is 4. The van der Waals surface area contributed by atoms with Gasteiger partial charge in [0.25, 0.3) is 0 Å². The lowest BCUT2D eigenvalue weighted by Gasteiger charge is -2.10. The normalized spacial score (nSPS) is 11.8. The molecule has 0 radical (unpaired) electrons. The summed E-state index contributed by atoms with van der Waals surface area (Å²) >= 11 is 5.68. The third kappa shape index (κ3) is 2.46. The van der Waals surface area contributed by atoms with Gasteiger partial charge in [0, 0.05) is 11.6 Å². The van der Waals surface area contributed by atoms with Crippen molar-refractivity contribution >= 4 is 11.6 Å². The van der Waals surface area contributed by atoms with Gasteiger partial charge in [0.05, 0.1) is 23.1 Å². The summed E-state index contributed by atoms with van der Waals surface area (Å²) in [6.07, 6.45) is -3.09. The maximum Gasteiger partial charge on any atom is 0.416 e. The highest BCUT2D eigenvalue weighted by molar-refractivity contribution is 6.30. The number of rotatable bonds is 2. The monoisotopic (exact) mass is 276 g/mol. The van der Waals surface area contributed by atoms with Crippen molar-refractivity contribution in [1.29, 1.82) is 0 Å². The van der Waals surface area contributed by atoms with E-state index in [2.05, 4.69) is 10.3 Å². The van der Waals surface area contributed by atoms with Gasteiger partial charge < -0.3 is 5.73 Å². The molecule has 0 atom stereocenters. The Morgan fingerprint density at radius 1 is 1.28 bits per heavy atom. The zero-order valence-electron chi connectivity index (χ0n) is 8.95. The molecule has 0 saturated carbocycles. The summed E-state index contributed by atoms with van der Waals surface area (Å²) in [5, 5.41) is 7.25. The molecule has 0 bridgehead atoms. The molecule has 1 aromatic heterocycles. The molecule has 8 heteroatoms. The molecule has 1 heterocycles. The second-order valence-corrected chi connectivity index (χ2v) is 3.97. The predicted octanol–water partition coefficient (Wildman–Crippen LogP) is 2.40. The van der Waals surface area contributed by atoms with E-state index in [1.54, 1.807) is 0 Å². The Hall–Kier alpha value is -1.60. The fraction of sp³-hybridized carbons (Fsp3) is 0.200. The molecule has 0 aliphatic rings. The van der Waals surface area contributed by atoms with Crippen LogP contribution < -0.4 is 5.73 Å². The van der Waals surface area contributed by atoms with Crippen LogP contribution in [0, 0.1) is 0 Å². The number of hydrogen-bond donors (Lipinski definition) is 1. The van der Waals surface area contributed by atoms with E-state index in [1.807, 2.05) is 0 Å². The van der Waals surface area contributed by atoms with Crippen molar-refractivity contribution in [2.45, 2.75) is 12.7 Å². The van der Waals surface area contributed by atoms with Crippen molar-refractivity contribution in [1.82, 2.24) is 15.0 Å². The van der Waals surface area contributed by atoms with E-state index in [0.29, 0.717) is 5.69 Å². The van der Waals surface area contributed by atoms with Gasteiger partial charge in [-0.3, -0.25) is 0 Å². The third-order valence-electron chi connectivity index (χ3n) is 2.28. The van der Waals surface area contributed by atoms with Crippen LogP contribution in [0.4, 0.5) is 13.2 Å². The van der Waals surface area contributed by atoms with Gasteiger partial charge in [-0.15, -0.1) is 5.10 Å². The molecule has 0 amide bonds. The smallest absolute Gasteiger partial charge is 0.325 e. The van der Waals surface area contributed by atoms with Crippen molar-refractivity contribution in [2.75, 3.05) is 0 Å². The molecule has 4 nitrogen and oxygen atoms in total. The number of nitrogens with zero attached hydrogens (tertiary/aromatic N) is 3. The molecule has 0 spiro atoms. The largest absolute Gasteiger partial charge is 0.416 e. The molecule has 96 valence electrons. The maximum atomic E-state index is 12.6. The Balaban J connectivity index is 2.56. The van der Waals surface area contributed by atoms with E-state index in [-0.39, 0.29) is 17.3 Å². The Kier molecular flexibility index (Phi) is 3.27. The molecule has 0 aliphatic carbocycles. The predicted molar refractivity (Wildman–Crippen MR) is 59.3 cm³/mol. The van der Waals surface area contributed by atoms with Gasteiger partial charge in [-0.2, -0.15) is 13.2 Å². The van der Waals surface area contributed by atoms with Crippen LogP contribution in [0.5, 0.6) is 0 Å². The summed E-state index contributed by atoms with van der Waals surface area (Å²) in [5.41, 5.74) is 5.26. The topological polar surface area (TPSA) is 56.7 Å². The fourth-order valence-corrected chi connectivity index (χ4v) is 1.70. The highest BCUT2D eigenvalue weighted by atomic mass is 35.5. The lowest BCUT2D eigenvalue weighted by atomic mass is 10.2. The minimum atomic E-state index is -4.47. The van der Waals surface area contributed by atoms with Gasteiger partial charge in [-0.25, -0.2) is 4.68 Å². The molecule has 18 heavy (non-hydrogen) atoms. The van der Waals surface area contributed by atoms with E-state index in [0.717, 1.165) is 12.1 Å². The van der Waals surface area contributed by atoms with Crippen LogP contribution >= 0.6 is 11.6 Å². The molecular formula is C10H8ClF3N4. The second kappa shape index (κ2) is 4.58. The Bertz CT molecular complexity index is 564. The molecule has 0 fully saturated rings. The van der Waals surface area contributed by atoms with Crippen LogP contribution in [0.1, 0.15) is 11.3 Å². The van der Waals surface area contributed by atoms with E-state index >= 15 is 0 Å². The molecule has 2 N–H and O–H groups in total. The van der Waals surface area contributed by atoms with Crippen LogP contribution in [0.25, 0.3) is 5.69 Å². The molecular weight excluding hydrogens is 269 g/mol. The Morgan fingerprint density at radius 3 is 2.61 bits per heavy atom. The van der Waals surface area contributed by atoms with Crippen molar-refractivity contribution in [3.63, 3.8) is 0 Å². The van der Waals surface area contributed by atoms with Crippen LogP contribution in [0.3, 0.4) is 0 Å². The first kappa shape index (κ1) is 12.8. The SMILES string of the molecule is NCc1cnnn1-c1cc(Cl)cc(C(F)(F)F)c1. The zero-order chi connectivity index (χ0) is 13.3. The van der Waals surface area contributed by atoms with Gasteiger partial charge in [-0.1, -0.05) is 16.8 Å². The number of benzene rings is 1. The first-order chi connectivity index (χ1) is 8.41. The molecule has 0 aliphatic heterocycles. The van der Waals surface area contributed by atoms with Crippen LogP contribution in [0.2, 0.25) is 5.02 Å². The third-order valence-corrected chi connectivity index (χ3v) is 2.50. The Labute approximate surface area is 105 Å². The fourth-order valence-electron chi connectivity index (χ4n) is 1.47. The molecule has 0 saturated heterocycles. The number of nitrogens with two attached hydrogens (primary N) is 1. The summed E-state index contributed by atoms with van der Waals surface area (Å²) in [7, 11) is 0. The minimum Gasteiger partial charge on any atom is -0.325 e. The van der Waals surface area contributed by atoms with Gasteiger partial charge in [0.15, 0.2) is 0 Å². The summed E-state index contributed by atoms with van der Waals surface area (Å²) in [4.78, 5) is 0.